The van der Waals surface area contributed by atoms with Crippen LogP contribution in [0, 0.1) is 11.6 Å². The number of alkyl carbamates (subject to hydrolysis) is 1. The van der Waals surface area contributed by atoms with E-state index >= 15 is 0 Å². The van der Waals surface area contributed by atoms with Gasteiger partial charge in [-0.05, 0) is 61.7 Å². The molecule has 38 heavy (non-hydrogen) atoms. The van der Waals surface area contributed by atoms with Crippen molar-refractivity contribution in [2.24, 2.45) is 0 Å². The first-order chi connectivity index (χ1) is 18.0. The lowest BCUT2D eigenvalue weighted by molar-refractivity contribution is 0.0523. The number of carbonyl (C=O) groups excluding carboxylic acids is 1. The van der Waals surface area contributed by atoms with Crippen LogP contribution in [0.15, 0.2) is 61.6 Å². The molecule has 0 fully saturated rings. The van der Waals surface area contributed by atoms with Crippen molar-refractivity contribution in [3.63, 3.8) is 0 Å². The molecule has 1 amide bonds. The minimum absolute atomic E-state index is 0.151. The molecular weight excluding hydrogens is 510 g/mol. The lowest BCUT2D eigenvalue weighted by Crippen LogP contribution is -2.32. The van der Waals surface area contributed by atoms with Gasteiger partial charge >= 0.3 is 6.09 Å². The number of nitrogens with one attached hydrogen (secondary N) is 3. The number of ether oxygens (including phenoxy) is 1. The molecule has 2 heterocycles. The van der Waals surface area contributed by atoms with Gasteiger partial charge in [0, 0.05) is 65.8 Å². The van der Waals surface area contributed by atoms with Gasteiger partial charge in [0.25, 0.3) is 0 Å². The number of H-pyrrole nitrogens is 1. The summed E-state index contributed by atoms with van der Waals surface area (Å²) in [5, 5.41) is 7.02. The van der Waals surface area contributed by atoms with Gasteiger partial charge in [-0.15, -0.1) is 0 Å². The van der Waals surface area contributed by atoms with Crippen LogP contribution in [0.4, 0.5) is 13.6 Å². The van der Waals surface area contributed by atoms with Gasteiger partial charge in [0.2, 0.25) is 0 Å². The molecule has 0 spiro atoms. The summed E-state index contributed by atoms with van der Waals surface area (Å²) in [4.78, 5) is 19.0. The number of rotatable bonds is 8. The Morgan fingerprint density at radius 3 is 2.53 bits per heavy atom. The Hall–Kier alpha value is -3.91. The Morgan fingerprint density at radius 1 is 1.03 bits per heavy atom. The average Bonchev–Trinajstić information content (AvgIpc) is 3.20. The molecule has 0 aliphatic heterocycles. The highest BCUT2D eigenvalue weighted by Gasteiger charge is 2.16. The molecule has 2 aromatic heterocycles. The summed E-state index contributed by atoms with van der Waals surface area (Å²) in [6, 6.07) is 9.82. The molecule has 4 aromatic rings. The quantitative estimate of drug-likeness (QED) is 0.229. The number of aromatic amines is 1. The van der Waals surface area contributed by atoms with Crippen molar-refractivity contribution in [3.05, 3.63) is 106 Å². The van der Waals surface area contributed by atoms with Crippen molar-refractivity contribution in [3.8, 4) is 0 Å². The van der Waals surface area contributed by atoms with E-state index in [1.807, 2.05) is 6.07 Å². The minimum atomic E-state index is -0.607. The van der Waals surface area contributed by atoms with Crippen LogP contribution in [0.5, 0.6) is 0 Å². The van der Waals surface area contributed by atoms with Gasteiger partial charge in [-0.2, -0.15) is 0 Å². The third kappa shape index (κ3) is 6.89. The van der Waals surface area contributed by atoms with E-state index in [0.717, 1.165) is 10.9 Å². The summed E-state index contributed by atoms with van der Waals surface area (Å²) in [6.45, 7) is 9.73. The number of hydrogen-bond donors (Lipinski definition) is 3. The summed E-state index contributed by atoms with van der Waals surface area (Å²) in [5.74, 6) is -0.742. The van der Waals surface area contributed by atoms with Gasteiger partial charge < -0.3 is 20.4 Å². The number of aromatic nitrogens is 2. The molecule has 3 N–H and O–H groups in total. The van der Waals surface area contributed by atoms with E-state index in [0.29, 0.717) is 44.9 Å². The Balaban J connectivity index is 1.37. The van der Waals surface area contributed by atoms with Crippen LogP contribution in [-0.4, -0.2) is 21.7 Å². The number of benzene rings is 2. The molecule has 9 heteroatoms. The number of carbonyl (C=O) groups is 1. The fourth-order valence-corrected chi connectivity index (χ4v) is 4.11. The highest BCUT2D eigenvalue weighted by atomic mass is 35.5. The minimum Gasteiger partial charge on any atom is -0.444 e. The van der Waals surface area contributed by atoms with Crippen molar-refractivity contribution in [1.29, 1.82) is 0 Å². The molecule has 0 saturated heterocycles. The summed E-state index contributed by atoms with van der Waals surface area (Å²) in [5.41, 5.74) is 3.64. The first-order valence-electron chi connectivity index (χ1n) is 12.0. The van der Waals surface area contributed by atoms with Gasteiger partial charge in [-0.1, -0.05) is 30.3 Å². The van der Waals surface area contributed by atoms with E-state index < -0.39 is 11.7 Å². The predicted octanol–water partition coefficient (Wildman–Crippen LogP) is 6.87. The van der Waals surface area contributed by atoms with Crippen molar-refractivity contribution in [1.82, 2.24) is 20.6 Å². The molecule has 2 aromatic carbocycles. The van der Waals surface area contributed by atoms with Crippen molar-refractivity contribution in [2.75, 3.05) is 0 Å². The summed E-state index contributed by atoms with van der Waals surface area (Å²) >= 11 is 6.16. The number of pyridine rings is 1. The van der Waals surface area contributed by atoms with E-state index in [2.05, 4.69) is 27.2 Å². The van der Waals surface area contributed by atoms with Gasteiger partial charge in [-0.25, -0.2) is 13.6 Å². The summed E-state index contributed by atoms with van der Waals surface area (Å²) < 4.78 is 34.5. The van der Waals surface area contributed by atoms with Gasteiger partial charge in [0.15, 0.2) is 0 Å². The van der Waals surface area contributed by atoms with Crippen LogP contribution < -0.4 is 10.6 Å². The van der Waals surface area contributed by atoms with Crippen molar-refractivity contribution in [2.45, 2.75) is 45.9 Å². The third-order valence-electron chi connectivity index (χ3n) is 5.78. The van der Waals surface area contributed by atoms with Gasteiger partial charge in [-0.3, -0.25) is 4.98 Å². The normalized spacial score (nSPS) is 11.4. The molecule has 0 unspecified atom stereocenters. The standard InChI is InChI=1S/C29H29ClF2N4O2/c1-17(34-15-22-10-23-24(30)16-35-27(23)11-26(22)32)21-8-19(12-33-14-21)7-20-6-5-18(9-25(20)31)13-36-28(37)38-29(2,3)4/h5-6,8-12,14,16,34-35H,1,7,13,15H2,2-4H3,(H,36,37). The van der Waals surface area contributed by atoms with Crippen LogP contribution in [0.2, 0.25) is 5.02 Å². The Bertz CT molecular complexity index is 1490. The van der Waals surface area contributed by atoms with Gasteiger partial charge in [0.1, 0.15) is 17.2 Å². The topological polar surface area (TPSA) is 79.0 Å². The van der Waals surface area contributed by atoms with Crippen molar-refractivity contribution < 1.29 is 18.3 Å². The van der Waals surface area contributed by atoms with Crippen LogP contribution in [0.3, 0.4) is 0 Å². The summed E-state index contributed by atoms with van der Waals surface area (Å²) in [6.07, 6.45) is 4.68. The Morgan fingerprint density at radius 2 is 1.79 bits per heavy atom. The molecule has 0 bridgehead atoms. The van der Waals surface area contributed by atoms with Crippen LogP contribution in [0.25, 0.3) is 16.6 Å². The molecule has 0 saturated carbocycles. The lowest BCUT2D eigenvalue weighted by Gasteiger charge is -2.19. The second-order valence-corrected chi connectivity index (χ2v) is 10.4. The molecular formula is C29H29ClF2N4O2. The monoisotopic (exact) mass is 538 g/mol. The predicted molar refractivity (Wildman–Crippen MR) is 146 cm³/mol. The zero-order valence-electron chi connectivity index (χ0n) is 21.4. The maximum atomic E-state index is 14.8. The zero-order chi connectivity index (χ0) is 27.4. The van der Waals surface area contributed by atoms with Crippen LogP contribution >= 0.6 is 11.6 Å². The van der Waals surface area contributed by atoms with Crippen LogP contribution in [0.1, 0.15) is 48.6 Å². The lowest BCUT2D eigenvalue weighted by atomic mass is 10.0. The molecule has 198 valence electrons. The molecule has 0 aliphatic carbocycles. The highest BCUT2D eigenvalue weighted by molar-refractivity contribution is 6.35. The zero-order valence-corrected chi connectivity index (χ0v) is 22.2. The Labute approximate surface area is 225 Å². The Kier molecular flexibility index (Phi) is 8.02. The second-order valence-electron chi connectivity index (χ2n) is 10.00. The second kappa shape index (κ2) is 11.2. The highest BCUT2D eigenvalue weighted by Crippen LogP contribution is 2.26. The summed E-state index contributed by atoms with van der Waals surface area (Å²) in [7, 11) is 0. The first-order valence-corrected chi connectivity index (χ1v) is 12.4. The third-order valence-corrected chi connectivity index (χ3v) is 6.09. The number of fused-ring (bicyclic) bond motifs is 1. The largest absolute Gasteiger partial charge is 0.444 e. The number of halogens is 3. The fourth-order valence-electron chi connectivity index (χ4n) is 3.90. The van der Waals surface area contributed by atoms with Crippen LogP contribution in [-0.2, 0) is 24.2 Å². The first kappa shape index (κ1) is 27.1. The SMILES string of the molecule is C=C(NCc1cc2c(Cl)c[nH]c2cc1F)c1cncc(Cc2ccc(CNC(=O)OC(C)(C)C)cc2F)c1. The van der Waals surface area contributed by atoms with Gasteiger partial charge in [0.05, 0.1) is 5.02 Å². The van der Waals surface area contributed by atoms with E-state index in [1.165, 1.54) is 12.1 Å². The van der Waals surface area contributed by atoms with Crippen molar-refractivity contribution >= 4 is 34.3 Å². The smallest absolute Gasteiger partial charge is 0.407 e. The number of amides is 1. The molecule has 6 nitrogen and oxygen atoms in total. The molecule has 0 atom stereocenters. The molecule has 4 rings (SSSR count). The molecule has 0 radical (unpaired) electrons. The maximum absolute atomic E-state index is 14.8. The van der Waals surface area contributed by atoms with E-state index in [-0.39, 0.29) is 24.7 Å². The number of nitrogens with zero attached hydrogens (tertiary/aromatic N) is 1. The number of hydrogen-bond acceptors (Lipinski definition) is 4. The van der Waals surface area contributed by atoms with E-state index in [4.69, 9.17) is 16.3 Å². The maximum Gasteiger partial charge on any atom is 0.407 e. The fraction of sp³-hybridized carbons (Fsp3) is 0.241. The average molecular weight is 539 g/mol. The van der Waals surface area contributed by atoms with E-state index in [9.17, 15) is 13.6 Å². The molecule has 0 aliphatic rings. The van der Waals surface area contributed by atoms with E-state index in [1.54, 1.807) is 57.6 Å².